The Hall–Kier alpha value is -1.81. The molecule has 2 rings (SSSR count). The van der Waals surface area contributed by atoms with Crippen LogP contribution in [-0.2, 0) is 4.79 Å². The fourth-order valence-electron chi connectivity index (χ4n) is 1.48. The van der Waals surface area contributed by atoms with E-state index in [1.54, 1.807) is 12.1 Å². The van der Waals surface area contributed by atoms with Crippen LogP contribution in [0.5, 0.6) is 0 Å². The van der Waals surface area contributed by atoms with Crippen molar-refractivity contribution in [1.29, 1.82) is 0 Å². The van der Waals surface area contributed by atoms with Crippen molar-refractivity contribution in [3.05, 3.63) is 35.0 Å². The average molecular weight is 224 g/mol. The van der Waals surface area contributed by atoms with Gasteiger partial charge in [0.15, 0.2) is 0 Å². The van der Waals surface area contributed by atoms with Crippen LogP contribution in [0.1, 0.15) is 10.4 Å². The quantitative estimate of drug-likeness (QED) is 0.793. The van der Waals surface area contributed by atoms with E-state index in [1.165, 1.54) is 16.8 Å². The zero-order valence-corrected chi connectivity index (χ0v) is 8.23. The van der Waals surface area contributed by atoms with Crippen molar-refractivity contribution in [3.63, 3.8) is 0 Å². The SMILES string of the molecule is O=Cn1cc(C(=O)O)c2cc(Cl)ccc21. The van der Waals surface area contributed by atoms with Gasteiger partial charge >= 0.3 is 5.97 Å². The van der Waals surface area contributed by atoms with E-state index in [0.29, 0.717) is 22.3 Å². The van der Waals surface area contributed by atoms with E-state index in [0.717, 1.165) is 0 Å². The Morgan fingerprint density at radius 3 is 2.80 bits per heavy atom. The number of carbonyl (C=O) groups is 2. The normalized spacial score (nSPS) is 10.5. The predicted molar refractivity (Wildman–Crippen MR) is 56.1 cm³/mol. The van der Waals surface area contributed by atoms with Gasteiger partial charge in [0.1, 0.15) is 0 Å². The first-order chi connectivity index (χ1) is 7.13. The topological polar surface area (TPSA) is 59.3 Å². The van der Waals surface area contributed by atoms with Gasteiger partial charge in [0.25, 0.3) is 0 Å². The lowest BCUT2D eigenvalue weighted by Gasteiger charge is -1.94. The van der Waals surface area contributed by atoms with Crippen molar-refractivity contribution in [3.8, 4) is 0 Å². The zero-order valence-electron chi connectivity index (χ0n) is 7.48. The Bertz CT molecular complexity index is 559. The molecule has 0 amide bonds. The first-order valence-corrected chi connectivity index (χ1v) is 4.50. The van der Waals surface area contributed by atoms with Gasteiger partial charge in [-0.25, -0.2) is 4.79 Å². The Kier molecular flexibility index (Phi) is 2.21. The van der Waals surface area contributed by atoms with Gasteiger partial charge < -0.3 is 5.11 Å². The summed E-state index contributed by atoms with van der Waals surface area (Å²) in [5, 5.41) is 9.81. The fraction of sp³-hybridized carbons (Fsp3) is 0. The maximum Gasteiger partial charge on any atom is 0.337 e. The van der Waals surface area contributed by atoms with E-state index in [2.05, 4.69) is 0 Å². The van der Waals surface area contributed by atoms with Crippen LogP contribution >= 0.6 is 11.6 Å². The second-order valence-electron chi connectivity index (χ2n) is 3.02. The molecule has 15 heavy (non-hydrogen) atoms. The van der Waals surface area contributed by atoms with Crippen molar-refractivity contribution in [2.75, 3.05) is 0 Å². The number of carboxylic acid groups (broad SMARTS) is 1. The number of fused-ring (bicyclic) bond motifs is 1. The highest BCUT2D eigenvalue weighted by molar-refractivity contribution is 6.31. The number of carbonyl (C=O) groups excluding carboxylic acids is 1. The summed E-state index contributed by atoms with van der Waals surface area (Å²) in [6.07, 6.45) is 1.83. The minimum Gasteiger partial charge on any atom is -0.478 e. The maximum atomic E-state index is 10.9. The largest absolute Gasteiger partial charge is 0.478 e. The van der Waals surface area contributed by atoms with Gasteiger partial charge in [-0.2, -0.15) is 0 Å². The van der Waals surface area contributed by atoms with Crippen LogP contribution in [0.25, 0.3) is 10.9 Å². The molecular formula is C10H6ClNO3. The number of carboxylic acids is 1. The zero-order chi connectivity index (χ0) is 11.0. The molecule has 76 valence electrons. The second-order valence-corrected chi connectivity index (χ2v) is 3.46. The molecule has 0 aliphatic carbocycles. The number of aromatic carboxylic acids is 1. The van der Waals surface area contributed by atoms with Crippen LogP contribution in [0.2, 0.25) is 5.02 Å². The van der Waals surface area contributed by atoms with Gasteiger partial charge in [-0.15, -0.1) is 0 Å². The van der Waals surface area contributed by atoms with Gasteiger partial charge in [-0.05, 0) is 18.2 Å². The van der Waals surface area contributed by atoms with Crippen molar-refractivity contribution >= 4 is 34.9 Å². The second kappa shape index (κ2) is 3.40. The molecule has 5 heteroatoms. The highest BCUT2D eigenvalue weighted by Gasteiger charge is 2.13. The predicted octanol–water partition coefficient (Wildman–Crippen LogP) is 2.03. The fourth-order valence-corrected chi connectivity index (χ4v) is 1.66. The molecular weight excluding hydrogens is 218 g/mol. The molecule has 1 aromatic carbocycles. The minimum atomic E-state index is -1.08. The average Bonchev–Trinajstić information content (AvgIpc) is 2.55. The van der Waals surface area contributed by atoms with Crippen molar-refractivity contribution < 1.29 is 14.7 Å². The molecule has 1 aromatic heterocycles. The van der Waals surface area contributed by atoms with Gasteiger partial charge in [0.2, 0.25) is 6.41 Å². The van der Waals surface area contributed by atoms with Crippen LogP contribution in [0.3, 0.4) is 0 Å². The van der Waals surface area contributed by atoms with Gasteiger partial charge in [-0.3, -0.25) is 9.36 Å². The number of halogens is 1. The third kappa shape index (κ3) is 1.49. The molecule has 0 atom stereocenters. The summed E-state index contributed by atoms with van der Waals surface area (Å²) in [7, 11) is 0. The highest BCUT2D eigenvalue weighted by Crippen LogP contribution is 2.24. The van der Waals surface area contributed by atoms with Gasteiger partial charge in [-0.1, -0.05) is 11.6 Å². The lowest BCUT2D eigenvalue weighted by Crippen LogP contribution is -1.94. The maximum absolute atomic E-state index is 10.9. The van der Waals surface area contributed by atoms with E-state index in [9.17, 15) is 9.59 Å². The van der Waals surface area contributed by atoms with Gasteiger partial charge in [0, 0.05) is 16.6 Å². The number of hydrogen-bond donors (Lipinski definition) is 1. The summed E-state index contributed by atoms with van der Waals surface area (Å²) in [6, 6.07) is 4.74. The summed E-state index contributed by atoms with van der Waals surface area (Å²) in [5.74, 6) is -1.08. The Labute approximate surface area is 89.7 Å². The monoisotopic (exact) mass is 223 g/mol. The standard InChI is InChI=1S/C10H6ClNO3/c11-6-1-2-9-7(3-6)8(10(14)15)4-12(9)5-13/h1-5H,(H,14,15). The van der Waals surface area contributed by atoms with E-state index in [4.69, 9.17) is 16.7 Å². The lowest BCUT2D eigenvalue weighted by molar-refractivity contribution is 0.0699. The molecule has 0 spiro atoms. The minimum absolute atomic E-state index is 0.0691. The summed E-state index contributed by atoms with van der Waals surface area (Å²) in [6.45, 7) is 0. The number of aromatic nitrogens is 1. The molecule has 0 fully saturated rings. The summed E-state index contributed by atoms with van der Waals surface area (Å²) < 4.78 is 1.22. The molecule has 0 radical (unpaired) electrons. The molecule has 0 saturated heterocycles. The molecule has 2 aromatic rings. The van der Waals surface area contributed by atoms with Crippen LogP contribution in [0, 0.1) is 0 Å². The van der Waals surface area contributed by atoms with E-state index >= 15 is 0 Å². The molecule has 1 N–H and O–H groups in total. The number of benzene rings is 1. The first-order valence-electron chi connectivity index (χ1n) is 4.12. The van der Waals surface area contributed by atoms with Crippen LogP contribution in [-0.4, -0.2) is 22.1 Å². The Morgan fingerprint density at radius 1 is 1.47 bits per heavy atom. The van der Waals surface area contributed by atoms with Crippen molar-refractivity contribution in [2.45, 2.75) is 0 Å². The van der Waals surface area contributed by atoms with Crippen LogP contribution in [0.15, 0.2) is 24.4 Å². The smallest absolute Gasteiger partial charge is 0.337 e. The van der Waals surface area contributed by atoms with Crippen LogP contribution < -0.4 is 0 Å². The molecule has 0 saturated carbocycles. The lowest BCUT2D eigenvalue weighted by atomic mass is 10.2. The molecule has 0 unspecified atom stereocenters. The van der Waals surface area contributed by atoms with Crippen molar-refractivity contribution in [2.24, 2.45) is 0 Å². The summed E-state index contributed by atoms with van der Waals surface area (Å²) >= 11 is 5.76. The third-order valence-electron chi connectivity index (χ3n) is 2.14. The highest BCUT2D eigenvalue weighted by atomic mass is 35.5. The Morgan fingerprint density at radius 2 is 2.20 bits per heavy atom. The van der Waals surface area contributed by atoms with E-state index in [1.807, 2.05) is 0 Å². The Balaban J connectivity index is 2.87. The first kappa shape index (κ1) is 9.73. The summed E-state index contributed by atoms with van der Waals surface area (Å²) in [4.78, 5) is 21.6. The molecule has 0 aliphatic rings. The molecule has 4 nitrogen and oxygen atoms in total. The van der Waals surface area contributed by atoms with Gasteiger partial charge in [0.05, 0.1) is 11.1 Å². The third-order valence-corrected chi connectivity index (χ3v) is 2.37. The molecule has 1 heterocycles. The van der Waals surface area contributed by atoms with E-state index < -0.39 is 5.97 Å². The molecule has 0 bridgehead atoms. The van der Waals surface area contributed by atoms with Crippen molar-refractivity contribution in [1.82, 2.24) is 4.57 Å². The summed E-state index contributed by atoms with van der Waals surface area (Å²) in [5.41, 5.74) is 0.603. The molecule has 0 aliphatic heterocycles. The number of rotatable bonds is 2. The number of hydrogen-bond acceptors (Lipinski definition) is 2. The van der Waals surface area contributed by atoms with E-state index in [-0.39, 0.29) is 5.56 Å². The number of nitrogens with zero attached hydrogens (tertiary/aromatic N) is 1. The van der Waals surface area contributed by atoms with Crippen LogP contribution in [0.4, 0.5) is 0 Å².